The quantitative estimate of drug-likeness (QED) is 0.845. The van der Waals surface area contributed by atoms with Crippen molar-refractivity contribution >= 4 is 6.09 Å². The third kappa shape index (κ3) is 2.60. The van der Waals surface area contributed by atoms with Gasteiger partial charge in [-0.15, -0.1) is 0 Å². The Balaban J connectivity index is 1.59. The zero-order valence-electron chi connectivity index (χ0n) is 13.7. The summed E-state index contributed by atoms with van der Waals surface area (Å²) < 4.78 is 5.02. The van der Waals surface area contributed by atoms with Gasteiger partial charge in [0.1, 0.15) is 0 Å². The van der Waals surface area contributed by atoms with Gasteiger partial charge in [-0.05, 0) is 43.6 Å². The molecule has 5 unspecified atom stereocenters. The number of hydrogen-bond acceptors (Lipinski definition) is 4. The number of aliphatic hydroxyl groups excluding tert-OH is 1. The number of fused-ring (bicyclic) bond motifs is 2. The van der Waals surface area contributed by atoms with Gasteiger partial charge >= 0.3 is 6.09 Å². The van der Waals surface area contributed by atoms with Gasteiger partial charge in [-0.1, -0.05) is 18.2 Å². The Hall–Kier alpha value is -1.33. The molecule has 1 aliphatic carbocycles. The molecule has 0 aromatic heterocycles. The van der Waals surface area contributed by atoms with Crippen LogP contribution >= 0.6 is 0 Å². The van der Waals surface area contributed by atoms with Crippen molar-refractivity contribution in [2.24, 2.45) is 5.92 Å². The molecule has 126 valence electrons. The summed E-state index contributed by atoms with van der Waals surface area (Å²) in [5.74, 6) is 0.628. The van der Waals surface area contributed by atoms with Crippen molar-refractivity contribution in [2.75, 3.05) is 20.2 Å². The molecule has 23 heavy (non-hydrogen) atoms. The Kier molecular flexibility index (Phi) is 3.93. The van der Waals surface area contributed by atoms with Crippen molar-refractivity contribution in [1.82, 2.24) is 9.80 Å². The molecule has 3 heterocycles. The number of ether oxygens (including phenoxy) is 1. The highest BCUT2D eigenvalue weighted by Gasteiger charge is 2.54. The van der Waals surface area contributed by atoms with Gasteiger partial charge in [-0.25, -0.2) is 4.79 Å². The number of rotatable bonds is 2. The highest BCUT2D eigenvalue weighted by molar-refractivity contribution is 5.69. The number of carbonyl (C=O) groups is 1. The molecule has 0 aromatic carbocycles. The molecule has 5 heteroatoms. The molecular formula is C18H26N2O3. The van der Waals surface area contributed by atoms with Crippen LogP contribution in [0.5, 0.6) is 0 Å². The maximum atomic E-state index is 12.2. The normalized spacial score (nSPS) is 39.3. The maximum absolute atomic E-state index is 12.2. The van der Waals surface area contributed by atoms with Gasteiger partial charge < -0.3 is 14.7 Å². The van der Waals surface area contributed by atoms with Crippen molar-refractivity contribution < 1.29 is 14.6 Å². The third-order valence-corrected chi connectivity index (χ3v) is 5.99. The van der Waals surface area contributed by atoms with E-state index in [4.69, 9.17) is 4.74 Å². The molecule has 0 radical (unpaired) electrons. The van der Waals surface area contributed by atoms with Crippen molar-refractivity contribution in [1.29, 1.82) is 0 Å². The van der Waals surface area contributed by atoms with E-state index in [1.54, 1.807) is 0 Å². The van der Waals surface area contributed by atoms with E-state index in [2.05, 4.69) is 23.1 Å². The second-order valence-electron chi connectivity index (χ2n) is 7.42. The molecule has 0 saturated carbocycles. The molecule has 1 N–H and O–H groups in total. The Morgan fingerprint density at radius 1 is 1.35 bits per heavy atom. The van der Waals surface area contributed by atoms with E-state index in [9.17, 15) is 9.90 Å². The van der Waals surface area contributed by atoms with Gasteiger partial charge in [0.15, 0.2) is 0 Å². The van der Waals surface area contributed by atoms with Crippen LogP contribution in [0.25, 0.3) is 0 Å². The lowest BCUT2D eigenvalue weighted by atomic mass is 9.71. The molecule has 3 fully saturated rings. The fourth-order valence-electron chi connectivity index (χ4n) is 5.18. The van der Waals surface area contributed by atoms with Crippen molar-refractivity contribution in [3.63, 3.8) is 0 Å². The van der Waals surface area contributed by atoms with E-state index >= 15 is 0 Å². The van der Waals surface area contributed by atoms with E-state index in [1.807, 2.05) is 4.90 Å². The van der Waals surface area contributed by atoms with E-state index < -0.39 is 0 Å². The zero-order valence-corrected chi connectivity index (χ0v) is 13.7. The van der Waals surface area contributed by atoms with Crippen LogP contribution in [0.4, 0.5) is 4.79 Å². The second kappa shape index (κ2) is 5.95. The first-order chi connectivity index (χ1) is 11.2. The van der Waals surface area contributed by atoms with Gasteiger partial charge in [0, 0.05) is 19.1 Å². The van der Waals surface area contributed by atoms with Gasteiger partial charge in [0.25, 0.3) is 0 Å². The van der Waals surface area contributed by atoms with E-state index in [-0.39, 0.29) is 30.3 Å². The van der Waals surface area contributed by atoms with Gasteiger partial charge in [0.05, 0.1) is 25.3 Å². The highest BCUT2D eigenvalue weighted by atomic mass is 16.5. The molecule has 3 aliphatic heterocycles. The summed E-state index contributed by atoms with van der Waals surface area (Å²) in [7, 11) is 1.46. The number of allylic oxidation sites excluding steroid dienone is 2. The standard InChI is InChI=1S/C18H26N2O3/c1-23-18(22)20-14-7-13-8-15(20)17(16(21)9-14)19(11-13)10-12-5-3-2-4-6-12/h3,5-6,13-17,21H,2,4,7-11H2,1H3. The van der Waals surface area contributed by atoms with Crippen molar-refractivity contribution in [2.45, 2.75) is 56.3 Å². The molecule has 3 saturated heterocycles. The minimum atomic E-state index is -0.347. The van der Waals surface area contributed by atoms with Crippen LogP contribution in [0, 0.1) is 5.92 Å². The van der Waals surface area contributed by atoms with Crippen LogP contribution in [0.3, 0.4) is 0 Å². The second-order valence-corrected chi connectivity index (χ2v) is 7.42. The lowest BCUT2D eigenvalue weighted by Gasteiger charge is -2.59. The first-order valence-corrected chi connectivity index (χ1v) is 8.81. The number of carbonyl (C=O) groups excluding carboxylic acids is 1. The zero-order chi connectivity index (χ0) is 16.0. The SMILES string of the molecule is COC(=O)N1C2CC3CC1C(C(O)C2)N(CC1=CCCC=C1)C3. The molecule has 0 aromatic rings. The Labute approximate surface area is 137 Å². The summed E-state index contributed by atoms with van der Waals surface area (Å²) in [5, 5.41) is 10.7. The predicted molar refractivity (Wildman–Crippen MR) is 87.0 cm³/mol. The van der Waals surface area contributed by atoms with Gasteiger partial charge in [-0.3, -0.25) is 4.90 Å². The largest absolute Gasteiger partial charge is 0.453 e. The topological polar surface area (TPSA) is 53.0 Å². The van der Waals surface area contributed by atoms with Crippen LogP contribution in [0.2, 0.25) is 0 Å². The van der Waals surface area contributed by atoms with Crippen LogP contribution in [0.15, 0.2) is 23.8 Å². The van der Waals surface area contributed by atoms with E-state index in [1.165, 1.54) is 12.7 Å². The highest BCUT2D eigenvalue weighted by Crippen LogP contribution is 2.44. The maximum Gasteiger partial charge on any atom is 0.410 e. The Morgan fingerprint density at radius 2 is 2.22 bits per heavy atom. The average Bonchev–Trinajstić information content (AvgIpc) is 2.53. The molecule has 5 nitrogen and oxygen atoms in total. The lowest BCUT2D eigenvalue weighted by molar-refractivity contribution is -0.126. The molecule has 3 bridgehead atoms. The van der Waals surface area contributed by atoms with Gasteiger partial charge in [0.2, 0.25) is 0 Å². The predicted octanol–water partition coefficient (Wildman–Crippen LogP) is 1.93. The fraction of sp³-hybridized carbons (Fsp3) is 0.722. The monoisotopic (exact) mass is 318 g/mol. The first kappa shape index (κ1) is 15.2. The number of nitrogens with zero attached hydrogens (tertiary/aromatic N) is 2. The molecule has 0 spiro atoms. The summed E-state index contributed by atoms with van der Waals surface area (Å²) in [4.78, 5) is 16.6. The molecule has 5 atom stereocenters. The summed E-state index contributed by atoms with van der Waals surface area (Å²) in [6.07, 6.45) is 11.1. The van der Waals surface area contributed by atoms with E-state index in [0.29, 0.717) is 12.3 Å². The first-order valence-electron chi connectivity index (χ1n) is 8.81. The number of methoxy groups -OCH3 is 1. The number of amides is 1. The molecule has 1 amide bonds. The average molecular weight is 318 g/mol. The van der Waals surface area contributed by atoms with Crippen LogP contribution < -0.4 is 0 Å². The molecule has 4 aliphatic rings. The van der Waals surface area contributed by atoms with E-state index in [0.717, 1.165) is 38.8 Å². The Bertz CT molecular complexity index is 540. The summed E-state index contributed by atoms with van der Waals surface area (Å²) >= 11 is 0. The fourth-order valence-corrected chi connectivity index (χ4v) is 5.18. The number of likely N-dealkylation sites (tertiary alicyclic amines) is 1. The van der Waals surface area contributed by atoms with Crippen LogP contribution in [-0.2, 0) is 4.74 Å². The minimum Gasteiger partial charge on any atom is -0.453 e. The summed E-state index contributed by atoms with van der Waals surface area (Å²) in [6, 6.07) is 0.281. The molecule has 4 rings (SSSR count). The lowest BCUT2D eigenvalue weighted by Crippen LogP contribution is -2.72. The molecular weight excluding hydrogens is 292 g/mol. The van der Waals surface area contributed by atoms with Crippen molar-refractivity contribution in [3.8, 4) is 0 Å². The summed E-state index contributed by atoms with van der Waals surface area (Å²) in [5.41, 5.74) is 1.34. The number of piperidine rings is 3. The smallest absolute Gasteiger partial charge is 0.410 e. The van der Waals surface area contributed by atoms with Crippen molar-refractivity contribution in [3.05, 3.63) is 23.8 Å². The number of aliphatic hydroxyl groups is 1. The minimum absolute atomic E-state index is 0.0399. The van der Waals surface area contributed by atoms with Crippen LogP contribution in [0.1, 0.15) is 32.1 Å². The summed E-state index contributed by atoms with van der Waals surface area (Å²) in [6.45, 7) is 1.92. The Morgan fingerprint density at radius 3 is 2.96 bits per heavy atom. The van der Waals surface area contributed by atoms with Crippen LogP contribution in [-0.4, -0.2) is 65.4 Å². The number of hydrogen-bond donors (Lipinski definition) is 1. The van der Waals surface area contributed by atoms with Gasteiger partial charge in [-0.2, -0.15) is 0 Å². The third-order valence-electron chi connectivity index (χ3n) is 5.99.